The Bertz CT molecular complexity index is 661. The van der Waals surface area contributed by atoms with E-state index in [0.29, 0.717) is 17.6 Å². The number of phenolic OH excluding ortho intramolecular Hbond substituents is 1. The molecule has 2 aromatic carbocycles. The zero-order valence-corrected chi connectivity index (χ0v) is 14.6. The average Bonchev–Trinajstić information content (AvgIpc) is 2.43. The first-order valence-electron chi connectivity index (χ1n) is 5.56. The van der Waals surface area contributed by atoms with Gasteiger partial charge in [-0.15, -0.1) is 0 Å². The van der Waals surface area contributed by atoms with Crippen LogP contribution in [0.4, 0.5) is 0 Å². The number of phenols is 1. The zero-order chi connectivity index (χ0) is 14.7. The number of carbonyl (C=O) groups is 1. The minimum absolute atomic E-state index is 0.117. The molecule has 0 saturated carbocycles. The van der Waals surface area contributed by atoms with Crippen molar-refractivity contribution in [1.82, 2.24) is 0 Å². The third-order valence-corrected chi connectivity index (χ3v) is 5.50. The van der Waals surface area contributed by atoms with Crippen molar-refractivity contribution in [1.29, 1.82) is 0 Å². The molecule has 6 heteroatoms. The van der Waals surface area contributed by atoms with Crippen molar-refractivity contribution in [3.05, 3.63) is 54.5 Å². The van der Waals surface area contributed by atoms with E-state index in [1.807, 2.05) is 18.2 Å². The molecule has 0 bridgehead atoms. The van der Waals surface area contributed by atoms with E-state index >= 15 is 0 Å². The first kappa shape index (κ1) is 15.6. The van der Waals surface area contributed by atoms with Crippen LogP contribution in [0.15, 0.2) is 34.8 Å². The predicted molar refractivity (Wildman–Crippen MR) is 89.7 cm³/mol. The first-order chi connectivity index (χ1) is 9.52. The van der Waals surface area contributed by atoms with Gasteiger partial charge in [-0.05, 0) is 50.7 Å². The Morgan fingerprint density at radius 3 is 2.85 bits per heavy atom. The molecule has 0 atom stereocenters. The number of hydrogen-bond acceptors (Lipinski definition) is 3. The SMILES string of the molecule is O=Cc1cc(Cl)c(O)cc1OCc1cccc(I)c1Br. The molecule has 0 saturated heterocycles. The van der Waals surface area contributed by atoms with E-state index in [1.54, 1.807) is 0 Å². The van der Waals surface area contributed by atoms with Gasteiger partial charge in [0.15, 0.2) is 6.29 Å². The van der Waals surface area contributed by atoms with Crippen LogP contribution in [0, 0.1) is 3.57 Å². The maximum Gasteiger partial charge on any atom is 0.153 e. The molecule has 0 aromatic heterocycles. The number of aldehydes is 1. The number of ether oxygens (including phenoxy) is 1. The smallest absolute Gasteiger partial charge is 0.153 e. The van der Waals surface area contributed by atoms with Crippen molar-refractivity contribution < 1.29 is 14.6 Å². The Morgan fingerprint density at radius 2 is 2.15 bits per heavy atom. The van der Waals surface area contributed by atoms with E-state index in [0.717, 1.165) is 13.6 Å². The van der Waals surface area contributed by atoms with Crippen LogP contribution in [0.1, 0.15) is 15.9 Å². The molecule has 0 aliphatic rings. The molecule has 2 aromatic rings. The van der Waals surface area contributed by atoms with Crippen LogP contribution in [-0.2, 0) is 6.61 Å². The maximum absolute atomic E-state index is 11.0. The molecule has 0 aliphatic heterocycles. The van der Waals surface area contributed by atoms with Crippen molar-refractivity contribution in [2.45, 2.75) is 6.61 Å². The van der Waals surface area contributed by atoms with Gasteiger partial charge in [-0.1, -0.05) is 23.7 Å². The number of hydrogen-bond donors (Lipinski definition) is 1. The van der Waals surface area contributed by atoms with Crippen molar-refractivity contribution in [3.8, 4) is 11.5 Å². The molecular weight excluding hydrogens is 458 g/mol. The number of aromatic hydroxyl groups is 1. The summed E-state index contributed by atoms with van der Waals surface area (Å²) in [5, 5.41) is 9.70. The van der Waals surface area contributed by atoms with Crippen molar-refractivity contribution in [2.24, 2.45) is 0 Å². The summed E-state index contributed by atoms with van der Waals surface area (Å²) in [7, 11) is 0. The van der Waals surface area contributed by atoms with Gasteiger partial charge in [0.2, 0.25) is 0 Å². The lowest BCUT2D eigenvalue weighted by Gasteiger charge is -2.11. The second-order valence-corrected chi connectivity index (χ2v) is 6.32. The number of rotatable bonds is 4. The lowest BCUT2D eigenvalue weighted by Crippen LogP contribution is -2.00. The highest BCUT2D eigenvalue weighted by molar-refractivity contribution is 14.1. The highest BCUT2D eigenvalue weighted by Gasteiger charge is 2.10. The van der Waals surface area contributed by atoms with E-state index < -0.39 is 0 Å². The van der Waals surface area contributed by atoms with Crippen LogP contribution in [0.5, 0.6) is 11.5 Å². The summed E-state index contributed by atoms with van der Waals surface area (Å²) in [5.74, 6) is 0.182. The van der Waals surface area contributed by atoms with Crippen LogP contribution in [0.3, 0.4) is 0 Å². The summed E-state index contributed by atoms with van der Waals surface area (Å²) in [5.41, 5.74) is 1.25. The quantitative estimate of drug-likeness (QED) is 0.519. The van der Waals surface area contributed by atoms with Crippen molar-refractivity contribution in [3.63, 3.8) is 0 Å². The van der Waals surface area contributed by atoms with Gasteiger partial charge in [-0.3, -0.25) is 4.79 Å². The fraction of sp³-hybridized carbons (Fsp3) is 0.0714. The van der Waals surface area contributed by atoms with Crippen molar-refractivity contribution >= 4 is 56.4 Å². The summed E-state index contributed by atoms with van der Waals surface area (Å²) in [6.07, 6.45) is 0.643. The minimum atomic E-state index is -0.117. The number of halogens is 3. The third-order valence-electron chi connectivity index (χ3n) is 2.62. The summed E-state index contributed by atoms with van der Waals surface area (Å²) in [6, 6.07) is 8.53. The molecule has 0 heterocycles. The third kappa shape index (κ3) is 3.45. The van der Waals surface area contributed by atoms with Gasteiger partial charge in [-0.25, -0.2) is 0 Å². The Balaban J connectivity index is 2.25. The van der Waals surface area contributed by atoms with E-state index in [9.17, 15) is 9.90 Å². The minimum Gasteiger partial charge on any atom is -0.506 e. The highest BCUT2D eigenvalue weighted by Crippen LogP contribution is 2.32. The molecule has 0 aliphatic carbocycles. The van der Waals surface area contributed by atoms with E-state index in [-0.39, 0.29) is 17.4 Å². The van der Waals surface area contributed by atoms with E-state index in [4.69, 9.17) is 16.3 Å². The summed E-state index contributed by atoms with van der Waals surface area (Å²) in [6.45, 7) is 0.277. The lowest BCUT2D eigenvalue weighted by molar-refractivity contribution is 0.111. The number of benzene rings is 2. The van der Waals surface area contributed by atoms with Gasteiger partial charge in [-0.2, -0.15) is 0 Å². The van der Waals surface area contributed by atoms with Gasteiger partial charge >= 0.3 is 0 Å². The molecular formula is C14H9BrClIO3. The normalized spacial score (nSPS) is 10.3. The summed E-state index contributed by atoms with van der Waals surface area (Å²) in [4.78, 5) is 11.0. The summed E-state index contributed by atoms with van der Waals surface area (Å²) >= 11 is 11.5. The Kier molecular flexibility index (Phi) is 5.29. The monoisotopic (exact) mass is 466 g/mol. The zero-order valence-electron chi connectivity index (χ0n) is 10.1. The molecule has 0 amide bonds. The van der Waals surface area contributed by atoms with Gasteiger partial charge in [0.05, 0.1) is 10.6 Å². The molecule has 0 spiro atoms. The van der Waals surface area contributed by atoms with E-state index in [2.05, 4.69) is 38.5 Å². The van der Waals surface area contributed by atoms with Gasteiger partial charge in [0.1, 0.15) is 18.1 Å². The van der Waals surface area contributed by atoms with Gasteiger partial charge in [0, 0.05) is 19.7 Å². The van der Waals surface area contributed by atoms with Gasteiger partial charge in [0.25, 0.3) is 0 Å². The molecule has 0 radical (unpaired) electrons. The second-order valence-electron chi connectivity index (χ2n) is 3.96. The Hall–Kier alpha value is -0.790. The van der Waals surface area contributed by atoms with Crippen molar-refractivity contribution in [2.75, 3.05) is 0 Å². The molecule has 1 N–H and O–H groups in total. The van der Waals surface area contributed by atoms with Crippen LogP contribution in [0.2, 0.25) is 5.02 Å². The van der Waals surface area contributed by atoms with E-state index in [1.165, 1.54) is 12.1 Å². The number of carbonyl (C=O) groups excluding carboxylic acids is 1. The highest BCUT2D eigenvalue weighted by atomic mass is 127. The van der Waals surface area contributed by atoms with Gasteiger partial charge < -0.3 is 9.84 Å². The standard InChI is InChI=1S/C14H9BrClIO3/c15-14-8(2-1-3-11(14)17)7-20-13-5-12(19)10(16)4-9(13)6-18/h1-6,19H,7H2. The molecule has 0 fully saturated rings. The average molecular weight is 467 g/mol. The molecule has 20 heavy (non-hydrogen) atoms. The molecule has 2 rings (SSSR count). The Morgan fingerprint density at radius 1 is 1.40 bits per heavy atom. The largest absolute Gasteiger partial charge is 0.506 e. The topological polar surface area (TPSA) is 46.5 Å². The Labute approximate surface area is 143 Å². The first-order valence-corrected chi connectivity index (χ1v) is 7.81. The maximum atomic E-state index is 11.0. The summed E-state index contributed by atoms with van der Waals surface area (Å²) < 4.78 is 7.62. The van der Waals surface area contributed by atoms with Crippen LogP contribution in [0.25, 0.3) is 0 Å². The molecule has 0 unspecified atom stereocenters. The fourth-order valence-electron chi connectivity index (χ4n) is 1.59. The van der Waals surface area contributed by atoms with Crippen LogP contribution in [-0.4, -0.2) is 11.4 Å². The van der Waals surface area contributed by atoms with Crippen LogP contribution >= 0.6 is 50.1 Å². The lowest BCUT2D eigenvalue weighted by atomic mass is 10.2. The molecule has 104 valence electrons. The van der Waals surface area contributed by atoms with Crippen LogP contribution < -0.4 is 4.74 Å². The molecule has 3 nitrogen and oxygen atoms in total. The second kappa shape index (κ2) is 6.78. The fourth-order valence-corrected chi connectivity index (χ4v) is 2.70. The predicted octanol–water partition coefficient (Wildman–Crippen LogP) is 4.80.